The van der Waals surface area contributed by atoms with Gasteiger partial charge in [0, 0.05) is 40.5 Å². The van der Waals surface area contributed by atoms with Gasteiger partial charge in [0.15, 0.2) is 0 Å². The number of nitrogens with zero attached hydrogens (tertiary/aromatic N) is 6. The molecule has 0 aliphatic heterocycles. The number of methoxy groups -OCH3 is 1. The zero-order valence-corrected chi connectivity index (χ0v) is 29.8. The van der Waals surface area contributed by atoms with E-state index in [1.54, 1.807) is 33.8 Å². The molecule has 3 N–H and O–H groups in total. The summed E-state index contributed by atoms with van der Waals surface area (Å²) in [6.07, 6.45) is 0. The average molecular weight is 757 g/mol. The highest BCUT2D eigenvalue weighted by Crippen LogP contribution is 2.26. The third-order valence-corrected chi connectivity index (χ3v) is 6.64. The van der Waals surface area contributed by atoms with E-state index < -0.39 is 28.0 Å². The Labute approximate surface area is 298 Å². The highest BCUT2D eigenvalue weighted by molar-refractivity contribution is 5.48. The van der Waals surface area contributed by atoms with E-state index in [0.717, 1.165) is 6.07 Å². The lowest BCUT2D eigenvalue weighted by Crippen LogP contribution is -2.11. The minimum atomic E-state index is -2.99. The fraction of sp³-hybridized carbons (Fsp3) is 0.355. The van der Waals surface area contributed by atoms with Gasteiger partial charge in [0.05, 0.1) is 39.0 Å². The summed E-state index contributed by atoms with van der Waals surface area (Å²) in [7, 11) is 1.49. The molecule has 18 nitrogen and oxygen atoms in total. The molecule has 0 radical (unpaired) electrons. The van der Waals surface area contributed by atoms with Crippen LogP contribution in [-0.2, 0) is 0 Å². The zero-order chi connectivity index (χ0) is 40.9. The van der Waals surface area contributed by atoms with E-state index in [-0.39, 0.29) is 51.3 Å². The normalized spacial score (nSPS) is 10.2. The van der Waals surface area contributed by atoms with Crippen LogP contribution < -0.4 is 25.5 Å². The number of halogens is 4. The van der Waals surface area contributed by atoms with Crippen molar-refractivity contribution in [1.29, 1.82) is 0 Å². The van der Waals surface area contributed by atoms with Gasteiger partial charge in [0.2, 0.25) is 17.6 Å². The van der Waals surface area contributed by atoms with Crippen molar-refractivity contribution in [3.63, 3.8) is 0 Å². The molecule has 22 heteroatoms. The highest BCUT2D eigenvalue weighted by atomic mass is 19.3. The Hall–Kier alpha value is -6.48. The minimum absolute atomic E-state index is 0.0262. The first-order chi connectivity index (χ1) is 24.5. The molecule has 4 heterocycles. The summed E-state index contributed by atoms with van der Waals surface area (Å²) < 4.78 is 60.7. The molecule has 0 bridgehead atoms. The average Bonchev–Trinajstić information content (AvgIpc) is 3.04. The van der Waals surface area contributed by atoms with Gasteiger partial charge in [0.25, 0.3) is 22.6 Å². The molecule has 4 aromatic heterocycles. The maximum atomic E-state index is 11.9. The van der Waals surface area contributed by atoms with Crippen molar-refractivity contribution >= 4 is 22.7 Å². The number of anilines is 1. The first kappa shape index (κ1) is 44.5. The van der Waals surface area contributed by atoms with Gasteiger partial charge in [-0.15, -0.1) is 0 Å². The number of rotatable bonds is 8. The fourth-order valence-corrected chi connectivity index (χ4v) is 3.93. The van der Waals surface area contributed by atoms with Crippen LogP contribution in [-0.4, -0.2) is 55.0 Å². The highest BCUT2D eigenvalue weighted by Gasteiger charge is 2.18. The van der Waals surface area contributed by atoms with E-state index in [0.29, 0.717) is 39.6 Å². The molecular weight excluding hydrogens is 720 g/mol. The van der Waals surface area contributed by atoms with Crippen LogP contribution in [0.2, 0.25) is 0 Å². The quantitative estimate of drug-likeness (QED) is 0.109. The predicted molar refractivity (Wildman–Crippen MR) is 182 cm³/mol. The van der Waals surface area contributed by atoms with Gasteiger partial charge in [-0.2, -0.15) is 17.6 Å². The number of aromatic amines is 1. The van der Waals surface area contributed by atoms with Crippen LogP contribution in [0.5, 0.6) is 17.6 Å². The molecular formula is C31H36F4N8O10. The monoisotopic (exact) mass is 756 g/mol. The smallest absolute Gasteiger partial charge is 0.388 e. The van der Waals surface area contributed by atoms with Gasteiger partial charge in [-0.05, 0) is 61.5 Å². The van der Waals surface area contributed by atoms with E-state index >= 15 is 0 Å². The lowest BCUT2D eigenvalue weighted by molar-refractivity contribution is -0.385. The van der Waals surface area contributed by atoms with Gasteiger partial charge in [-0.3, -0.25) is 35.1 Å². The molecule has 288 valence electrons. The van der Waals surface area contributed by atoms with Crippen molar-refractivity contribution in [3.8, 4) is 17.6 Å². The van der Waals surface area contributed by atoms with Crippen LogP contribution >= 0.6 is 0 Å². The molecule has 0 unspecified atom stereocenters. The van der Waals surface area contributed by atoms with E-state index in [2.05, 4.69) is 29.4 Å². The number of hydrogen-bond donors (Lipinski definition) is 2. The first-order valence-electron chi connectivity index (χ1n) is 14.8. The minimum Gasteiger partial charge on any atom is -0.481 e. The number of alkyl halides is 4. The number of nitro groups is 3. The van der Waals surface area contributed by atoms with Crippen LogP contribution in [0.3, 0.4) is 0 Å². The molecule has 4 rings (SSSR count). The molecule has 0 spiro atoms. The lowest BCUT2D eigenvalue weighted by atomic mass is 10.2. The van der Waals surface area contributed by atoms with Crippen LogP contribution in [0, 0.1) is 85.7 Å². The number of nitrogens with two attached hydrogens (primary N) is 1. The van der Waals surface area contributed by atoms with Crippen molar-refractivity contribution < 1.29 is 46.5 Å². The van der Waals surface area contributed by atoms with Crippen molar-refractivity contribution in [2.75, 3.05) is 12.8 Å². The van der Waals surface area contributed by atoms with Crippen LogP contribution in [0.4, 0.5) is 40.3 Å². The van der Waals surface area contributed by atoms with E-state index in [9.17, 15) is 52.7 Å². The number of pyridine rings is 4. The Morgan fingerprint density at radius 3 is 1.38 bits per heavy atom. The number of ether oxygens (including phenoxy) is 3. The number of nitrogens with one attached hydrogen (secondary N) is 1. The molecule has 0 aliphatic carbocycles. The third kappa shape index (κ3) is 13.6. The molecule has 4 aromatic rings. The molecule has 0 fully saturated rings. The second kappa shape index (κ2) is 19.8. The Morgan fingerprint density at radius 2 is 0.981 bits per heavy atom. The van der Waals surface area contributed by atoms with Gasteiger partial charge in [0.1, 0.15) is 11.4 Å². The Balaban J connectivity index is 0.000000354. The summed E-state index contributed by atoms with van der Waals surface area (Å²) >= 11 is 0. The summed E-state index contributed by atoms with van der Waals surface area (Å²) in [5.74, 6) is 0.0814. The molecule has 0 atom stereocenters. The molecule has 0 aliphatic rings. The molecule has 0 saturated carbocycles. The Bertz CT molecular complexity index is 2010. The first-order valence-corrected chi connectivity index (χ1v) is 14.8. The van der Waals surface area contributed by atoms with Crippen LogP contribution in [0.1, 0.15) is 45.0 Å². The largest absolute Gasteiger partial charge is 0.481 e. The Morgan fingerprint density at radius 1 is 0.623 bits per heavy atom. The zero-order valence-electron chi connectivity index (χ0n) is 29.8. The van der Waals surface area contributed by atoms with E-state index in [1.807, 2.05) is 0 Å². The van der Waals surface area contributed by atoms with Gasteiger partial charge in [-0.25, -0.2) is 15.0 Å². The number of nitrogen functional groups attached to an aromatic ring is 1. The molecule has 0 amide bonds. The van der Waals surface area contributed by atoms with Gasteiger partial charge < -0.3 is 24.9 Å². The van der Waals surface area contributed by atoms with Crippen molar-refractivity contribution in [2.45, 2.75) is 68.6 Å². The number of aromatic nitrogens is 4. The SMILES string of the molecule is COc1nc(C)c([N+](=O)[O-])cc1C.Cc1[nH]c(=O)c(C)cc1[N+](=O)[O-].Cc1cc(N)c(C)nc1OC(F)F.Cc1cc([N+](=O)[O-])c(C)nc1OC(F)F. The number of H-pyrrole nitrogens is 1. The number of aryl methyl sites for hydroxylation is 8. The van der Waals surface area contributed by atoms with Gasteiger partial charge in [-0.1, -0.05) is 0 Å². The lowest BCUT2D eigenvalue weighted by Gasteiger charge is -2.08. The van der Waals surface area contributed by atoms with Crippen LogP contribution in [0.25, 0.3) is 0 Å². The summed E-state index contributed by atoms with van der Waals surface area (Å²) in [5, 5.41) is 31.4. The summed E-state index contributed by atoms with van der Waals surface area (Å²) in [5.41, 5.74) is 8.38. The summed E-state index contributed by atoms with van der Waals surface area (Å²) in [6.45, 7) is 6.51. The Kier molecular flexibility index (Phi) is 16.6. The second-order valence-corrected chi connectivity index (χ2v) is 10.7. The van der Waals surface area contributed by atoms with Crippen LogP contribution in [0.15, 0.2) is 29.1 Å². The van der Waals surface area contributed by atoms with Crippen molar-refractivity contribution in [3.05, 3.63) is 110 Å². The number of hydrogen-bond acceptors (Lipinski definition) is 14. The molecule has 0 saturated heterocycles. The maximum Gasteiger partial charge on any atom is 0.388 e. The predicted octanol–water partition coefficient (Wildman–Crippen LogP) is 6.61. The van der Waals surface area contributed by atoms with Crippen molar-refractivity contribution in [1.82, 2.24) is 19.9 Å². The van der Waals surface area contributed by atoms with E-state index in [1.165, 1.54) is 46.9 Å². The molecule has 0 aromatic carbocycles. The van der Waals surface area contributed by atoms with Crippen molar-refractivity contribution in [2.24, 2.45) is 0 Å². The maximum absolute atomic E-state index is 11.9. The second-order valence-electron chi connectivity index (χ2n) is 10.7. The third-order valence-electron chi connectivity index (χ3n) is 6.64. The fourth-order valence-electron chi connectivity index (χ4n) is 3.93. The summed E-state index contributed by atoms with van der Waals surface area (Å²) in [4.78, 5) is 54.4. The summed E-state index contributed by atoms with van der Waals surface area (Å²) in [6, 6.07) is 5.44. The molecule has 53 heavy (non-hydrogen) atoms. The topological polar surface area (TPSA) is 255 Å². The van der Waals surface area contributed by atoms with Gasteiger partial charge >= 0.3 is 13.2 Å². The standard InChI is InChI=1S/C8H8F2N2O3.C8H10F2N2O.C8H10N2O3.C7H8N2O3/c1-4-3-6(12(13)14)5(2)11-7(4)15-8(9)10;1-4-3-6(11)5(2)12-7(4)13-8(9)10;1-5-4-7(10(11)12)6(2)9-8(5)13-3;1-4-3-6(9(11)12)5(2)8-7(4)10/h3,8H,1-2H3;3,8H,11H2,1-2H3;4H,1-3H3;3H,1-2H3,(H,8,10). The van der Waals surface area contributed by atoms with E-state index in [4.69, 9.17) is 10.5 Å².